The SMILES string of the molecule is CCCCOC(=O)C1=C(C)Nc2nnnn2C1c1cccc(OCc2ccc(Cl)cc2Cl)c1. The van der Waals surface area contributed by atoms with E-state index in [4.69, 9.17) is 32.7 Å². The van der Waals surface area contributed by atoms with Crippen molar-refractivity contribution in [3.05, 3.63) is 74.9 Å². The Bertz CT molecular complexity index is 1190. The molecule has 8 nitrogen and oxygen atoms in total. The summed E-state index contributed by atoms with van der Waals surface area (Å²) in [5, 5.41) is 16.1. The van der Waals surface area contributed by atoms with E-state index in [1.165, 1.54) is 0 Å². The molecule has 4 rings (SSSR count). The number of hydrogen-bond donors (Lipinski definition) is 1. The van der Waals surface area contributed by atoms with E-state index in [1.54, 1.807) is 16.8 Å². The predicted molar refractivity (Wildman–Crippen MR) is 125 cm³/mol. The summed E-state index contributed by atoms with van der Waals surface area (Å²) in [6.07, 6.45) is 1.73. The van der Waals surface area contributed by atoms with Gasteiger partial charge in [-0.25, -0.2) is 4.79 Å². The van der Waals surface area contributed by atoms with Crippen molar-refractivity contribution in [1.29, 1.82) is 0 Å². The first-order valence-corrected chi connectivity index (χ1v) is 11.3. The van der Waals surface area contributed by atoms with E-state index in [9.17, 15) is 4.79 Å². The lowest BCUT2D eigenvalue weighted by Gasteiger charge is -2.27. The molecule has 2 heterocycles. The van der Waals surface area contributed by atoms with Crippen LogP contribution in [0.3, 0.4) is 0 Å². The molecule has 33 heavy (non-hydrogen) atoms. The molecule has 1 aliphatic rings. The number of esters is 1. The van der Waals surface area contributed by atoms with Crippen LogP contribution < -0.4 is 10.1 Å². The summed E-state index contributed by atoms with van der Waals surface area (Å²) in [6, 6.07) is 12.2. The van der Waals surface area contributed by atoms with Crippen molar-refractivity contribution in [2.45, 2.75) is 39.3 Å². The number of allylic oxidation sites excluding steroid dienone is 1. The lowest BCUT2D eigenvalue weighted by atomic mass is 9.95. The third-order valence-corrected chi connectivity index (χ3v) is 5.84. The molecule has 1 unspecified atom stereocenters. The molecular formula is C23H23Cl2N5O3. The Balaban J connectivity index is 1.62. The zero-order valence-corrected chi connectivity index (χ0v) is 19.7. The van der Waals surface area contributed by atoms with Gasteiger partial charge in [0.05, 0.1) is 12.2 Å². The average molecular weight is 488 g/mol. The van der Waals surface area contributed by atoms with Gasteiger partial charge in [0.2, 0.25) is 5.95 Å². The van der Waals surface area contributed by atoms with Gasteiger partial charge in [-0.1, -0.05) is 59.8 Å². The highest BCUT2D eigenvalue weighted by Gasteiger charge is 2.35. The van der Waals surface area contributed by atoms with Gasteiger partial charge in [-0.3, -0.25) is 0 Å². The molecular weight excluding hydrogens is 465 g/mol. The average Bonchev–Trinajstić information content (AvgIpc) is 3.26. The van der Waals surface area contributed by atoms with E-state index in [2.05, 4.69) is 20.8 Å². The number of unbranched alkanes of at least 4 members (excludes halogenated alkanes) is 1. The van der Waals surface area contributed by atoms with Gasteiger partial charge in [-0.15, -0.1) is 0 Å². The second kappa shape index (κ2) is 10.2. The van der Waals surface area contributed by atoms with Crippen LogP contribution >= 0.6 is 23.2 Å². The molecule has 1 N–H and O–H groups in total. The zero-order chi connectivity index (χ0) is 23.4. The normalized spacial score (nSPS) is 15.1. The predicted octanol–water partition coefficient (Wildman–Crippen LogP) is 5.19. The Hall–Kier alpha value is -3.10. The fourth-order valence-electron chi connectivity index (χ4n) is 3.55. The molecule has 0 radical (unpaired) electrons. The van der Waals surface area contributed by atoms with Gasteiger partial charge in [0, 0.05) is 21.3 Å². The van der Waals surface area contributed by atoms with E-state index >= 15 is 0 Å². The zero-order valence-electron chi connectivity index (χ0n) is 18.2. The fourth-order valence-corrected chi connectivity index (χ4v) is 4.01. The van der Waals surface area contributed by atoms with Crippen LogP contribution in [-0.2, 0) is 16.1 Å². The number of tetrazole rings is 1. The largest absolute Gasteiger partial charge is 0.489 e. The number of aromatic nitrogens is 4. The Morgan fingerprint density at radius 3 is 2.85 bits per heavy atom. The van der Waals surface area contributed by atoms with Crippen molar-refractivity contribution in [2.24, 2.45) is 0 Å². The molecule has 0 saturated carbocycles. The van der Waals surface area contributed by atoms with Gasteiger partial charge in [-0.05, 0) is 53.6 Å². The first-order valence-electron chi connectivity index (χ1n) is 10.6. The first-order chi connectivity index (χ1) is 16.0. The second-order valence-corrected chi connectivity index (χ2v) is 8.44. The lowest BCUT2D eigenvalue weighted by Crippen LogP contribution is -2.29. The molecule has 0 fully saturated rings. The minimum absolute atomic E-state index is 0.266. The summed E-state index contributed by atoms with van der Waals surface area (Å²) in [5.74, 6) is 0.656. The number of anilines is 1. The van der Waals surface area contributed by atoms with E-state index < -0.39 is 12.0 Å². The highest BCUT2D eigenvalue weighted by Crippen LogP contribution is 2.36. The molecule has 0 amide bonds. The van der Waals surface area contributed by atoms with Crippen LogP contribution in [0.4, 0.5) is 5.95 Å². The van der Waals surface area contributed by atoms with Crippen LogP contribution in [0.5, 0.6) is 5.75 Å². The Morgan fingerprint density at radius 1 is 1.21 bits per heavy atom. The van der Waals surface area contributed by atoms with Gasteiger partial charge >= 0.3 is 5.97 Å². The molecule has 2 aromatic carbocycles. The third-order valence-electron chi connectivity index (χ3n) is 5.25. The summed E-state index contributed by atoms with van der Waals surface area (Å²) >= 11 is 12.2. The number of nitrogens with one attached hydrogen (secondary N) is 1. The summed E-state index contributed by atoms with van der Waals surface area (Å²) in [6.45, 7) is 4.47. The van der Waals surface area contributed by atoms with E-state index in [0.29, 0.717) is 39.6 Å². The molecule has 0 saturated heterocycles. The van der Waals surface area contributed by atoms with E-state index in [-0.39, 0.29) is 6.61 Å². The molecule has 1 atom stereocenters. The van der Waals surface area contributed by atoms with E-state index in [1.807, 2.05) is 44.2 Å². The third kappa shape index (κ3) is 5.12. The van der Waals surface area contributed by atoms with Crippen molar-refractivity contribution >= 4 is 35.1 Å². The van der Waals surface area contributed by atoms with Gasteiger partial charge in [0.1, 0.15) is 18.4 Å². The molecule has 1 aromatic heterocycles. The molecule has 172 valence electrons. The molecule has 3 aromatic rings. The van der Waals surface area contributed by atoms with Crippen LogP contribution in [0.1, 0.15) is 43.9 Å². The summed E-state index contributed by atoms with van der Waals surface area (Å²) in [4.78, 5) is 13.0. The van der Waals surface area contributed by atoms with Crippen LogP contribution in [0.2, 0.25) is 10.0 Å². The number of rotatable bonds is 8. The number of carbonyl (C=O) groups excluding carboxylic acids is 1. The highest BCUT2D eigenvalue weighted by molar-refractivity contribution is 6.35. The Kier molecular flexibility index (Phi) is 7.15. The van der Waals surface area contributed by atoms with Gasteiger partial charge in [0.15, 0.2) is 0 Å². The highest BCUT2D eigenvalue weighted by atomic mass is 35.5. The standard InChI is InChI=1S/C23H23Cl2N5O3/c1-3-4-10-32-22(31)20-14(2)26-23-27-28-29-30(23)21(20)15-6-5-7-18(11-15)33-13-16-8-9-17(24)12-19(16)25/h5-9,11-12,21H,3-4,10,13H2,1-2H3,(H,26,27,29). The van der Waals surface area contributed by atoms with E-state index in [0.717, 1.165) is 24.0 Å². The fraction of sp³-hybridized carbons (Fsp3) is 0.304. The van der Waals surface area contributed by atoms with Gasteiger partial charge in [0.25, 0.3) is 0 Å². The maximum Gasteiger partial charge on any atom is 0.338 e. The van der Waals surface area contributed by atoms with Crippen LogP contribution in [0.25, 0.3) is 0 Å². The van der Waals surface area contributed by atoms with Crippen LogP contribution in [0.15, 0.2) is 53.7 Å². The topological polar surface area (TPSA) is 91.2 Å². The van der Waals surface area contributed by atoms with Crippen molar-refractivity contribution in [3.8, 4) is 5.75 Å². The quantitative estimate of drug-likeness (QED) is 0.345. The lowest BCUT2D eigenvalue weighted by molar-refractivity contribution is -0.139. The second-order valence-electron chi connectivity index (χ2n) is 7.60. The number of fused-ring (bicyclic) bond motifs is 1. The summed E-state index contributed by atoms with van der Waals surface area (Å²) < 4.78 is 13.1. The minimum Gasteiger partial charge on any atom is -0.489 e. The van der Waals surface area contributed by atoms with Gasteiger partial charge in [-0.2, -0.15) is 4.68 Å². The van der Waals surface area contributed by atoms with Crippen LogP contribution in [0, 0.1) is 0 Å². The maximum atomic E-state index is 13.0. The van der Waals surface area contributed by atoms with Gasteiger partial charge < -0.3 is 14.8 Å². The molecule has 0 bridgehead atoms. The number of hydrogen-bond acceptors (Lipinski definition) is 7. The molecule has 1 aliphatic heterocycles. The number of benzene rings is 2. The maximum absolute atomic E-state index is 13.0. The summed E-state index contributed by atoms with van der Waals surface area (Å²) in [7, 11) is 0. The number of ether oxygens (including phenoxy) is 2. The Labute approximate surface area is 201 Å². The van der Waals surface area contributed by atoms with Crippen molar-refractivity contribution in [2.75, 3.05) is 11.9 Å². The molecule has 0 aliphatic carbocycles. The van der Waals surface area contributed by atoms with Crippen LogP contribution in [-0.4, -0.2) is 32.8 Å². The molecule has 0 spiro atoms. The number of halogens is 2. The number of nitrogens with zero attached hydrogens (tertiary/aromatic N) is 4. The summed E-state index contributed by atoms with van der Waals surface area (Å²) in [5.41, 5.74) is 2.69. The van der Waals surface area contributed by atoms with Crippen molar-refractivity contribution in [3.63, 3.8) is 0 Å². The van der Waals surface area contributed by atoms with Crippen molar-refractivity contribution in [1.82, 2.24) is 20.2 Å². The minimum atomic E-state index is -0.562. The Morgan fingerprint density at radius 2 is 2.06 bits per heavy atom. The first kappa shape index (κ1) is 23.1. The van der Waals surface area contributed by atoms with Crippen molar-refractivity contribution < 1.29 is 14.3 Å². The molecule has 10 heteroatoms. The smallest absolute Gasteiger partial charge is 0.338 e. The monoisotopic (exact) mass is 487 g/mol. The number of carbonyl (C=O) groups is 1.